The van der Waals surface area contributed by atoms with Crippen LogP contribution in [0.4, 0.5) is 10.8 Å². The van der Waals surface area contributed by atoms with Crippen molar-refractivity contribution in [3.8, 4) is 0 Å². The van der Waals surface area contributed by atoms with Crippen molar-refractivity contribution in [2.75, 3.05) is 5.32 Å². The standard InChI is InChI=1S/C13H16N4S2/c1-13(2,3)10-7-19-12(17-10)16-8-4-5-9(11(14)18)15-6-8/h4-7H,1-3H3,(H2,14,18)(H,16,17). The van der Waals surface area contributed by atoms with E-state index in [9.17, 15) is 0 Å². The number of aromatic nitrogens is 2. The molecule has 0 radical (unpaired) electrons. The molecule has 2 aromatic heterocycles. The van der Waals surface area contributed by atoms with Crippen molar-refractivity contribution in [2.24, 2.45) is 5.73 Å². The summed E-state index contributed by atoms with van der Waals surface area (Å²) in [7, 11) is 0. The van der Waals surface area contributed by atoms with Crippen LogP contribution in [-0.4, -0.2) is 15.0 Å². The average Bonchev–Trinajstić information content (AvgIpc) is 2.78. The summed E-state index contributed by atoms with van der Waals surface area (Å²) >= 11 is 6.45. The lowest BCUT2D eigenvalue weighted by Gasteiger charge is -2.14. The van der Waals surface area contributed by atoms with Crippen LogP contribution >= 0.6 is 23.6 Å². The molecular weight excluding hydrogens is 276 g/mol. The highest BCUT2D eigenvalue weighted by atomic mass is 32.1. The second-order valence-electron chi connectivity index (χ2n) is 5.21. The summed E-state index contributed by atoms with van der Waals surface area (Å²) in [6.07, 6.45) is 1.70. The van der Waals surface area contributed by atoms with E-state index >= 15 is 0 Å². The lowest BCUT2D eigenvalue weighted by molar-refractivity contribution is 0.573. The zero-order chi connectivity index (χ0) is 14.0. The summed E-state index contributed by atoms with van der Waals surface area (Å²) in [6, 6.07) is 3.68. The van der Waals surface area contributed by atoms with Crippen molar-refractivity contribution >= 4 is 39.4 Å². The topological polar surface area (TPSA) is 63.8 Å². The normalized spacial score (nSPS) is 11.3. The van der Waals surface area contributed by atoms with E-state index in [1.807, 2.05) is 6.07 Å². The van der Waals surface area contributed by atoms with E-state index in [1.165, 1.54) is 0 Å². The largest absolute Gasteiger partial charge is 0.388 e. The molecule has 0 amide bonds. The first-order valence-electron chi connectivity index (χ1n) is 5.85. The van der Waals surface area contributed by atoms with Crippen molar-refractivity contribution in [3.63, 3.8) is 0 Å². The van der Waals surface area contributed by atoms with Crippen molar-refractivity contribution < 1.29 is 0 Å². The number of anilines is 2. The van der Waals surface area contributed by atoms with Crippen LogP contribution in [0.2, 0.25) is 0 Å². The first-order valence-corrected chi connectivity index (χ1v) is 7.14. The van der Waals surface area contributed by atoms with Gasteiger partial charge in [-0.1, -0.05) is 33.0 Å². The van der Waals surface area contributed by atoms with Crippen LogP contribution in [0.5, 0.6) is 0 Å². The molecule has 0 saturated carbocycles. The zero-order valence-electron chi connectivity index (χ0n) is 11.1. The van der Waals surface area contributed by atoms with E-state index in [1.54, 1.807) is 23.6 Å². The predicted molar refractivity (Wildman–Crippen MR) is 84.2 cm³/mol. The van der Waals surface area contributed by atoms with Gasteiger partial charge in [0, 0.05) is 10.8 Å². The zero-order valence-corrected chi connectivity index (χ0v) is 12.7. The first kappa shape index (κ1) is 13.9. The van der Waals surface area contributed by atoms with E-state index < -0.39 is 0 Å². The SMILES string of the molecule is CC(C)(C)c1csc(Nc2ccc(C(N)=S)nc2)n1. The van der Waals surface area contributed by atoms with Gasteiger partial charge in [-0.15, -0.1) is 11.3 Å². The predicted octanol–water partition coefficient (Wildman–Crippen LogP) is 3.21. The Bertz CT molecular complexity index is 581. The Morgan fingerprint density at radius 3 is 2.58 bits per heavy atom. The van der Waals surface area contributed by atoms with Crippen LogP contribution < -0.4 is 11.1 Å². The number of nitrogens with zero attached hydrogens (tertiary/aromatic N) is 2. The van der Waals surface area contributed by atoms with Crippen molar-refractivity contribution in [1.82, 2.24) is 9.97 Å². The number of thiazole rings is 1. The first-order chi connectivity index (χ1) is 8.86. The highest BCUT2D eigenvalue weighted by Gasteiger charge is 2.17. The van der Waals surface area contributed by atoms with Crippen LogP contribution in [0, 0.1) is 0 Å². The molecule has 0 bridgehead atoms. The average molecular weight is 292 g/mol. The van der Waals surface area contributed by atoms with E-state index in [-0.39, 0.29) is 5.41 Å². The van der Waals surface area contributed by atoms with Gasteiger partial charge in [0.1, 0.15) is 4.99 Å². The minimum Gasteiger partial charge on any atom is -0.388 e. The smallest absolute Gasteiger partial charge is 0.187 e. The van der Waals surface area contributed by atoms with E-state index in [2.05, 4.69) is 41.4 Å². The monoisotopic (exact) mass is 292 g/mol. The van der Waals surface area contributed by atoms with Crippen molar-refractivity contribution in [2.45, 2.75) is 26.2 Å². The second kappa shape index (κ2) is 5.22. The Balaban J connectivity index is 2.13. The van der Waals surface area contributed by atoms with Crippen molar-refractivity contribution in [1.29, 1.82) is 0 Å². The maximum atomic E-state index is 5.51. The van der Waals surface area contributed by atoms with Crippen LogP contribution in [-0.2, 0) is 5.41 Å². The number of thiocarbonyl (C=S) groups is 1. The number of rotatable bonds is 3. The number of hydrogen-bond donors (Lipinski definition) is 2. The number of nitrogens with two attached hydrogens (primary N) is 1. The molecule has 0 unspecified atom stereocenters. The third-order valence-electron chi connectivity index (χ3n) is 2.54. The molecule has 0 atom stereocenters. The fourth-order valence-electron chi connectivity index (χ4n) is 1.41. The van der Waals surface area contributed by atoms with Crippen LogP contribution in [0.3, 0.4) is 0 Å². The van der Waals surface area contributed by atoms with E-state index in [0.29, 0.717) is 10.7 Å². The quantitative estimate of drug-likeness (QED) is 0.850. The fraction of sp³-hybridized carbons (Fsp3) is 0.308. The molecule has 0 aliphatic rings. The highest BCUT2D eigenvalue weighted by molar-refractivity contribution is 7.80. The molecule has 100 valence electrons. The molecule has 19 heavy (non-hydrogen) atoms. The fourth-order valence-corrected chi connectivity index (χ4v) is 2.49. The second-order valence-corrected chi connectivity index (χ2v) is 6.51. The summed E-state index contributed by atoms with van der Waals surface area (Å²) < 4.78 is 0. The Morgan fingerprint density at radius 1 is 1.37 bits per heavy atom. The van der Waals surface area contributed by atoms with E-state index in [4.69, 9.17) is 18.0 Å². The third kappa shape index (κ3) is 3.48. The minimum atomic E-state index is 0.0598. The molecule has 2 aromatic rings. The molecule has 0 saturated heterocycles. The van der Waals surface area contributed by atoms with Gasteiger partial charge in [0.15, 0.2) is 5.13 Å². The molecule has 0 fully saturated rings. The molecule has 3 N–H and O–H groups in total. The molecular formula is C13H16N4S2. The summed E-state index contributed by atoms with van der Waals surface area (Å²) in [5, 5.41) is 6.15. The molecule has 0 spiro atoms. The summed E-state index contributed by atoms with van der Waals surface area (Å²) in [6.45, 7) is 6.43. The summed E-state index contributed by atoms with van der Waals surface area (Å²) in [5.74, 6) is 0. The van der Waals surface area contributed by atoms with Gasteiger partial charge in [0.2, 0.25) is 0 Å². The lowest BCUT2D eigenvalue weighted by Crippen LogP contribution is -2.11. The summed E-state index contributed by atoms with van der Waals surface area (Å²) in [5.41, 5.74) is 8.13. The highest BCUT2D eigenvalue weighted by Crippen LogP contribution is 2.27. The van der Waals surface area contributed by atoms with Gasteiger partial charge in [-0.05, 0) is 12.1 Å². The Labute approximate surface area is 122 Å². The van der Waals surface area contributed by atoms with Gasteiger partial charge in [-0.2, -0.15) is 0 Å². The van der Waals surface area contributed by atoms with Gasteiger partial charge >= 0.3 is 0 Å². The number of hydrogen-bond acceptors (Lipinski definition) is 5. The molecule has 0 aromatic carbocycles. The van der Waals surface area contributed by atoms with Gasteiger partial charge < -0.3 is 11.1 Å². The van der Waals surface area contributed by atoms with Gasteiger partial charge in [-0.3, -0.25) is 4.98 Å². The Morgan fingerprint density at radius 2 is 2.11 bits per heavy atom. The van der Waals surface area contributed by atoms with Crippen LogP contribution in [0.1, 0.15) is 32.2 Å². The summed E-state index contributed by atoms with van der Waals surface area (Å²) in [4.78, 5) is 9.04. The van der Waals surface area contributed by atoms with E-state index in [0.717, 1.165) is 16.5 Å². The molecule has 4 nitrogen and oxygen atoms in total. The molecule has 0 aliphatic heterocycles. The van der Waals surface area contributed by atoms with Crippen LogP contribution in [0.25, 0.3) is 0 Å². The molecule has 6 heteroatoms. The minimum absolute atomic E-state index is 0.0598. The Hall–Kier alpha value is -1.53. The third-order valence-corrected chi connectivity index (χ3v) is 3.51. The van der Waals surface area contributed by atoms with Gasteiger partial charge in [0.25, 0.3) is 0 Å². The maximum Gasteiger partial charge on any atom is 0.187 e. The molecule has 2 rings (SSSR count). The number of pyridine rings is 1. The van der Waals surface area contributed by atoms with Gasteiger partial charge in [0.05, 0.1) is 23.3 Å². The molecule has 2 heterocycles. The number of nitrogens with one attached hydrogen (secondary N) is 1. The Kier molecular flexibility index (Phi) is 3.82. The maximum absolute atomic E-state index is 5.51. The van der Waals surface area contributed by atoms with Crippen molar-refractivity contribution in [3.05, 3.63) is 35.1 Å². The van der Waals surface area contributed by atoms with Crippen LogP contribution in [0.15, 0.2) is 23.7 Å². The van der Waals surface area contributed by atoms with Gasteiger partial charge in [-0.25, -0.2) is 4.98 Å². The molecule has 0 aliphatic carbocycles. The lowest BCUT2D eigenvalue weighted by atomic mass is 9.93.